The molecule has 0 aliphatic carbocycles. The van der Waals surface area contributed by atoms with Gasteiger partial charge >= 0.3 is 0 Å². The zero-order valence-electron chi connectivity index (χ0n) is 15.9. The highest BCUT2D eigenvalue weighted by molar-refractivity contribution is 6.30. The van der Waals surface area contributed by atoms with Gasteiger partial charge in [-0.1, -0.05) is 54.1 Å². The van der Waals surface area contributed by atoms with Crippen LogP contribution in [-0.4, -0.2) is 16.2 Å². The van der Waals surface area contributed by atoms with E-state index in [0.29, 0.717) is 6.61 Å². The van der Waals surface area contributed by atoms with Crippen LogP contribution in [0.25, 0.3) is 11.0 Å². The van der Waals surface area contributed by atoms with Gasteiger partial charge in [-0.25, -0.2) is 4.98 Å². The van der Waals surface area contributed by atoms with E-state index in [1.807, 2.05) is 36.4 Å². The first-order valence-electron chi connectivity index (χ1n) is 9.58. The van der Waals surface area contributed by atoms with Crippen molar-refractivity contribution in [2.45, 2.75) is 26.3 Å². The molecule has 4 rings (SSSR count). The van der Waals surface area contributed by atoms with E-state index in [2.05, 4.69) is 47.9 Å². The highest BCUT2D eigenvalue weighted by Crippen LogP contribution is 2.21. The molecule has 28 heavy (non-hydrogen) atoms. The Morgan fingerprint density at radius 3 is 2.50 bits per heavy atom. The second-order valence-corrected chi connectivity index (χ2v) is 7.38. The average molecular weight is 391 g/mol. The molecular formula is C24H23ClN2O. The minimum absolute atomic E-state index is 0.678. The van der Waals surface area contributed by atoms with Gasteiger partial charge in [0.25, 0.3) is 0 Å². The number of hydrogen-bond acceptors (Lipinski definition) is 2. The van der Waals surface area contributed by atoms with E-state index < -0.39 is 0 Å². The van der Waals surface area contributed by atoms with Gasteiger partial charge in [-0.2, -0.15) is 0 Å². The molecule has 0 amide bonds. The zero-order valence-corrected chi connectivity index (χ0v) is 16.7. The lowest BCUT2D eigenvalue weighted by Gasteiger charge is -2.12. The van der Waals surface area contributed by atoms with Gasteiger partial charge in [-0.3, -0.25) is 0 Å². The van der Waals surface area contributed by atoms with Crippen molar-refractivity contribution in [1.29, 1.82) is 0 Å². The summed E-state index contributed by atoms with van der Waals surface area (Å²) < 4.78 is 8.28. The van der Waals surface area contributed by atoms with E-state index in [9.17, 15) is 0 Å². The molecule has 0 aliphatic heterocycles. The van der Waals surface area contributed by atoms with Crippen LogP contribution in [0.5, 0.6) is 5.75 Å². The number of hydrogen-bond donors (Lipinski definition) is 0. The predicted octanol–water partition coefficient (Wildman–Crippen LogP) is 6.06. The summed E-state index contributed by atoms with van der Waals surface area (Å²) in [4.78, 5) is 4.87. The average Bonchev–Trinajstić information content (AvgIpc) is 3.05. The molecule has 3 nitrogen and oxygen atoms in total. The fourth-order valence-corrected chi connectivity index (χ4v) is 3.54. The van der Waals surface area contributed by atoms with Crippen LogP contribution in [0, 0.1) is 6.92 Å². The summed E-state index contributed by atoms with van der Waals surface area (Å²) in [6.07, 6.45) is 1.70. The molecule has 0 saturated heterocycles. The molecule has 0 aliphatic rings. The third kappa shape index (κ3) is 4.20. The smallest absolute Gasteiger partial charge is 0.122 e. The van der Waals surface area contributed by atoms with Crippen molar-refractivity contribution in [2.24, 2.45) is 0 Å². The van der Waals surface area contributed by atoms with Crippen molar-refractivity contribution in [3.63, 3.8) is 0 Å². The van der Waals surface area contributed by atoms with E-state index in [0.717, 1.165) is 41.5 Å². The molecule has 0 radical (unpaired) electrons. The van der Waals surface area contributed by atoms with Gasteiger partial charge < -0.3 is 9.30 Å². The van der Waals surface area contributed by atoms with Gasteiger partial charge in [0.2, 0.25) is 0 Å². The van der Waals surface area contributed by atoms with Crippen molar-refractivity contribution in [1.82, 2.24) is 9.55 Å². The molecule has 0 spiro atoms. The third-order valence-corrected chi connectivity index (χ3v) is 5.14. The largest absolute Gasteiger partial charge is 0.493 e. The summed E-state index contributed by atoms with van der Waals surface area (Å²) >= 11 is 6.02. The Kier molecular flexibility index (Phi) is 5.63. The first kappa shape index (κ1) is 18.6. The van der Waals surface area contributed by atoms with Gasteiger partial charge in [0.05, 0.1) is 17.6 Å². The number of halogens is 1. The van der Waals surface area contributed by atoms with Gasteiger partial charge in [-0.05, 0) is 54.8 Å². The van der Waals surface area contributed by atoms with Crippen LogP contribution in [0.3, 0.4) is 0 Å². The van der Waals surface area contributed by atoms with Crippen LogP contribution < -0.4 is 4.74 Å². The number of rotatable bonds is 7. The highest BCUT2D eigenvalue weighted by Gasteiger charge is 2.11. The lowest BCUT2D eigenvalue weighted by Crippen LogP contribution is -2.08. The minimum Gasteiger partial charge on any atom is -0.493 e. The third-order valence-electron chi connectivity index (χ3n) is 4.89. The zero-order chi connectivity index (χ0) is 19.3. The van der Waals surface area contributed by atoms with Crippen LogP contribution in [0.1, 0.15) is 23.4 Å². The Labute approximate surface area is 170 Å². The molecule has 1 heterocycles. The second-order valence-electron chi connectivity index (χ2n) is 6.94. The van der Waals surface area contributed by atoms with E-state index in [1.165, 1.54) is 16.6 Å². The van der Waals surface area contributed by atoms with E-state index in [4.69, 9.17) is 21.3 Å². The van der Waals surface area contributed by atoms with Gasteiger partial charge in [0, 0.05) is 18.0 Å². The van der Waals surface area contributed by atoms with E-state index in [-0.39, 0.29) is 0 Å². The first-order chi connectivity index (χ1) is 13.7. The summed E-state index contributed by atoms with van der Waals surface area (Å²) in [5.41, 5.74) is 4.57. The fourth-order valence-electron chi connectivity index (χ4n) is 3.42. The summed E-state index contributed by atoms with van der Waals surface area (Å²) in [6.45, 7) is 3.62. The van der Waals surface area contributed by atoms with Crippen LogP contribution in [0.15, 0.2) is 72.8 Å². The molecule has 0 bridgehead atoms. The van der Waals surface area contributed by atoms with Crippen molar-refractivity contribution < 1.29 is 4.74 Å². The number of ether oxygens (including phenoxy) is 1. The Morgan fingerprint density at radius 2 is 1.68 bits per heavy atom. The van der Waals surface area contributed by atoms with Crippen LogP contribution in [0.4, 0.5) is 0 Å². The standard InChI is InChI=1S/C24H23ClN2O/c1-18-7-2-5-10-23(18)28-16-6-15-27-22-9-4-3-8-21(22)26-24(27)17-19-11-13-20(25)14-12-19/h2-5,7-14H,6,15-17H2,1H3. The molecule has 0 fully saturated rings. The maximum absolute atomic E-state index is 6.02. The van der Waals surface area contributed by atoms with E-state index in [1.54, 1.807) is 0 Å². The molecule has 0 saturated carbocycles. The quantitative estimate of drug-likeness (QED) is 0.359. The molecular weight excluding hydrogens is 368 g/mol. The lowest BCUT2D eigenvalue weighted by molar-refractivity contribution is 0.300. The molecule has 1 aromatic heterocycles. The molecule has 4 aromatic rings. The molecule has 4 heteroatoms. The van der Waals surface area contributed by atoms with Crippen LogP contribution in [0.2, 0.25) is 5.02 Å². The van der Waals surface area contributed by atoms with Gasteiger partial charge in [0.15, 0.2) is 0 Å². The maximum atomic E-state index is 6.02. The van der Waals surface area contributed by atoms with Crippen molar-refractivity contribution in [2.75, 3.05) is 6.61 Å². The monoisotopic (exact) mass is 390 g/mol. The van der Waals surface area contributed by atoms with Crippen LogP contribution >= 0.6 is 11.6 Å². The normalized spacial score (nSPS) is 11.1. The number of nitrogens with zero attached hydrogens (tertiary/aromatic N) is 2. The summed E-state index contributed by atoms with van der Waals surface area (Å²) in [5, 5.41) is 0.755. The summed E-state index contributed by atoms with van der Waals surface area (Å²) in [6, 6.07) is 24.4. The van der Waals surface area contributed by atoms with Crippen molar-refractivity contribution in [3.05, 3.63) is 94.8 Å². The summed E-state index contributed by atoms with van der Waals surface area (Å²) in [5.74, 6) is 2.03. The number of aryl methyl sites for hydroxylation is 2. The molecule has 3 aromatic carbocycles. The Morgan fingerprint density at radius 1 is 0.929 bits per heavy atom. The Hall–Kier alpha value is -2.78. The molecule has 0 unspecified atom stereocenters. The van der Waals surface area contributed by atoms with Crippen molar-refractivity contribution in [3.8, 4) is 5.75 Å². The SMILES string of the molecule is Cc1ccccc1OCCCn1c(Cc2ccc(Cl)cc2)nc2ccccc21. The van der Waals surface area contributed by atoms with Gasteiger partial charge in [0.1, 0.15) is 11.6 Å². The molecule has 0 N–H and O–H groups in total. The minimum atomic E-state index is 0.678. The Balaban J connectivity index is 1.50. The topological polar surface area (TPSA) is 27.1 Å². The summed E-state index contributed by atoms with van der Waals surface area (Å²) in [7, 11) is 0. The Bertz CT molecular complexity index is 1070. The maximum Gasteiger partial charge on any atom is 0.122 e. The predicted molar refractivity (Wildman–Crippen MR) is 115 cm³/mol. The number of aromatic nitrogens is 2. The van der Waals surface area contributed by atoms with Crippen molar-refractivity contribution >= 4 is 22.6 Å². The number of para-hydroxylation sites is 3. The lowest BCUT2D eigenvalue weighted by atomic mass is 10.1. The molecule has 142 valence electrons. The number of imidazole rings is 1. The number of benzene rings is 3. The first-order valence-corrected chi connectivity index (χ1v) is 9.95. The second kappa shape index (κ2) is 8.49. The molecule has 0 atom stereocenters. The number of fused-ring (bicyclic) bond motifs is 1. The fraction of sp³-hybridized carbons (Fsp3) is 0.208. The van der Waals surface area contributed by atoms with Gasteiger partial charge in [-0.15, -0.1) is 0 Å². The van der Waals surface area contributed by atoms with Crippen LogP contribution in [-0.2, 0) is 13.0 Å². The highest BCUT2D eigenvalue weighted by atomic mass is 35.5. The van der Waals surface area contributed by atoms with E-state index >= 15 is 0 Å².